The summed E-state index contributed by atoms with van der Waals surface area (Å²) in [6.07, 6.45) is -0.397. The Balaban J connectivity index is 2.89. The Morgan fingerprint density at radius 2 is 2.05 bits per heavy atom. The molecule has 0 radical (unpaired) electrons. The van der Waals surface area contributed by atoms with Crippen LogP contribution < -0.4 is 0 Å². The Labute approximate surface area is 117 Å². The van der Waals surface area contributed by atoms with Crippen LogP contribution in [0.2, 0.25) is 0 Å². The summed E-state index contributed by atoms with van der Waals surface area (Å²) in [5, 5.41) is 17.0. The summed E-state index contributed by atoms with van der Waals surface area (Å²) in [6, 6.07) is 4.49. The standard InChI is InChI=1S/C11H10BrNO5S/c12-9-3-1-2-8-7(9)4-6(13)5-11(8,10(14)15)19(16,17)18/h1-3,13H,4-5H2,(H,14,15)(H,16,17,18). The number of hydrogen-bond acceptors (Lipinski definition) is 4. The first-order valence-electron chi connectivity index (χ1n) is 5.24. The van der Waals surface area contributed by atoms with Crippen LogP contribution in [0.4, 0.5) is 0 Å². The summed E-state index contributed by atoms with van der Waals surface area (Å²) in [7, 11) is -4.91. The van der Waals surface area contributed by atoms with Gasteiger partial charge in [0.25, 0.3) is 10.1 Å². The minimum atomic E-state index is -4.91. The van der Waals surface area contributed by atoms with Gasteiger partial charge in [-0.1, -0.05) is 28.1 Å². The van der Waals surface area contributed by atoms with Gasteiger partial charge in [-0.05, 0) is 17.2 Å². The Hall–Kier alpha value is -1.25. The lowest BCUT2D eigenvalue weighted by Crippen LogP contribution is -2.48. The first-order valence-corrected chi connectivity index (χ1v) is 7.48. The summed E-state index contributed by atoms with van der Waals surface area (Å²) in [5.41, 5.74) is 0.353. The number of hydrogen-bond donors (Lipinski definition) is 3. The van der Waals surface area contributed by atoms with Crippen LogP contribution in [-0.4, -0.2) is 29.8 Å². The van der Waals surface area contributed by atoms with Crippen LogP contribution in [0.1, 0.15) is 17.5 Å². The maximum atomic E-state index is 11.6. The maximum absolute atomic E-state index is 11.6. The minimum Gasteiger partial charge on any atom is -0.480 e. The van der Waals surface area contributed by atoms with Crippen LogP contribution >= 0.6 is 15.9 Å². The van der Waals surface area contributed by atoms with Gasteiger partial charge in [0.2, 0.25) is 4.75 Å². The molecule has 2 rings (SSSR count). The predicted molar refractivity (Wildman–Crippen MR) is 71.1 cm³/mol. The maximum Gasteiger partial charge on any atom is 0.332 e. The van der Waals surface area contributed by atoms with Gasteiger partial charge in [-0.15, -0.1) is 0 Å². The highest BCUT2D eigenvalue weighted by Crippen LogP contribution is 2.42. The molecule has 1 aliphatic carbocycles. The van der Waals surface area contributed by atoms with Gasteiger partial charge in [0.15, 0.2) is 0 Å². The van der Waals surface area contributed by atoms with Crippen molar-refractivity contribution in [2.24, 2.45) is 0 Å². The fraction of sp³-hybridized carbons (Fsp3) is 0.273. The number of carboxylic acids is 1. The third kappa shape index (κ3) is 1.99. The zero-order valence-corrected chi connectivity index (χ0v) is 12.0. The molecule has 0 bridgehead atoms. The number of carbonyl (C=O) groups is 1. The molecule has 0 aromatic heterocycles. The fourth-order valence-electron chi connectivity index (χ4n) is 2.32. The van der Waals surface area contributed by atoms with Gasteiger partial charge in [-0.3, -0.25) is 9.35 Å². The van der Waals surface area contributed by atoms with Gasteiger partial charge in [0.1, 0.15) is 0 Å². The van der Waals surface area contributed by atoms with E-state index in [4.69, 9.17) is 5.41 Å². The number of nitrogens with one attached hydrogen (secondary N) is 1. The Morgan fingerprint density at radius 3 is 2.58 bits per heavy atom. The molecule has 19 heavy (non-hydrogen) atoms. The molecule has 0 amide bonds. The molecule has 6 nitrogen and oxygen atoms in total. The average Bonchev–Trinajstić information content (AvgIpc) is 2.27. The van der Waals surface area contributed by atoms with Crippen LogP contribution in [0.3, 0.4) is 0 Å². The van der Waals surface area contributed by atoms with Crippen LogP contribution in [0.5, 0.6) is 0 Å². The highest BCUT2D eigenvalue weighted by Gasteiger charge is 2.56. The predicted octanol–water partition coefficient (Wildman–Crippen LogP) is 1.58. The molecule has 3 N–H and O–H groups in total. The van der Waals surface area contributed by atoms with Crippen LogP contribution in [0.15, 0.2) is 22.7 Å². The lowest BCUT2D eigenvalue weighted by molar-refractivity contribution is -0.140. The third-order valence-electron chi connectivity index (χ3n) is 3.19. The van der Waals surface area contributed by atoms with Gasteiger partial charge < -0.3 is 10.5 Å². The molecular weight excluding hydrogens is 338 g/mol. The number of benzene rings is 1. The van der Waals surface area contributed by atoms with Crippen molar-refractivity contribution in [3.8, 4) is 0 Å². The molecule has 0 saturated heterocycles. The molecule has 0 aliphatic heterocycles. The normalized spacial score (nSPS) is 22.9. The van der Waals surface area contributed by atoms with Crippen molar-refractivity contribution < 1.29 is 22.9 Å². The highest BCUT2D eigenvalue weighted by atomic mass is 79.9. The van der Waals surface area contributed by atoms with Crippen molar-refractivity contribution in [3.63, 3.8) is 0 Å². The number of carboxylic acid groups (broad SMARTS) is 1. The van der Waals surface area contributed by atoms with Crippen molar-refractivity contribution in [3.05, 3.63) is 33.8 Å². The van der Waals surface area contributed by atoms with E-state index in [-0.39, 0.29) is 17.7 Å². The average molecular weight is 348 g/mol. The van der Waals surface area contributed by atoms with Crippen LogP contribution in [-0.2, 0) is 26.1 Å². The van der Waals surface area contributed by atoms with E-state index in [2.05, 4.69) is 15.9 Å². The number of rotatable bonds is 2. The molecule has 1 atom stereocenters. The van der Waals surface area contributed by atoms with Crippen LogP contribution in [0, 0.1) is 5.41 Å². The van der Waals surface area contributed by atoms with E-state index in [1.807, 2.05) is 0 Å². The number of aliphatic carboxylic acids is 1. The molecule has 0 spiro atoms. The molecule has 0 fully saturated rings. The van der Waals surface area contributed by atoms with E-state index in [0.717, 1.165) is 0 Å². The molecular formula is C11H10BrNO5S. The monoisotopic (exact) mass is 347 g/mol. The van der Waals surface area contributed by atoms with Crippen LogP contribution in [0.25, 0.3) is 0 Å². The zero-order valence-electron chi connectivity index (χ0n) is 9.55. The summed E-state index contributed by atoms with van der Waals surface area (Å²) < 4.78 is 30.7. The Bertz CT molecular complexity index is 684. The smallest absolute Gasteiger partial charge is 0.332 e. The van der Waals surface area contributed by atoms with E-state index >= 15 is 0 Å². The third-order valence-corrected chi connectivity index (χ3v) is 5.35. The van der Waals surface area contributed by atoms with Crippen molar-refractivity contribution >= 4 is 37.7 Å². The van der Waals surface area contributed by atoms with Gasteiger partial charge in [-0.25, -0.2) is 0 Å². The highest BCUT2D eigenvalue weighted by molar-refractivity contribution is 9.10. The van der Waals surface area contributed by atoms with Crippen molar-refractivity contribution in [2.75, 3.05) is 0 Å². The quantitative estimate of drug-likeness (QED) is 0.702. The first kappa shape index (κ1) is 14.2. The fourth-order valence-corrected chi connectivity index (χ4v) is 3.87. The Kier molecular flexibility index (Phi) is 3.28. The first-order chi connectivity index (χ1) is 8.70. The molecule has 8 heteroatoms. The second-order valence-corrected chi connectivity index (χ2v) is 6.83. The molecule has 102 valence electrons. The molecule has 1 aromatic rings. The molecule has 0 saturated carbocycles. The number of halogens is 1. The molecule has 1 aromatic carbocycles. The van der Waals surface area contributed by atoms with Crippen molar-refractivity contribution in [1.29, 1.82) is 5.41 Å². The molecule has 0 heterocycles. The van der Waals surface area contributed by atoms with Gasteiger partial charge in [0.05, 0.1) is 0 Å². The molecule has 1 unspecified atom stereocenters. The van der Waals surface area contributed by atoms with Crippen molar-refractivity contribution in [1.82, 2.24) is 0 Å². The summed E-state index contributed by atoms with van der Waals surface area (Å²) >= 11 is 3.21. The minimum absolute atomic E-state index is 0.00729. The van der Waals surface area contributed by atoms with Gasteiger partial charge in [-0.2, -0.15) is 8.42 Å². The van der Waals surface area contributed by atoms with Crippen molar-refractivity contribution in [2.45, 2.75) is 17.6 Å². The lowest BCUT2D eigenvalue weighted by Gasteiger charge is -2.33. The Morgan fingerprint density at radius 1 is 1.42 bits per heavy atom. The zero-order chi connectivity index (χ0) is 14.4. The van der Waals surface area contributed by atoms with E-state index in [0.29, 0.717) is 10.0 Å². The lowest BCUT2D eigenvalue weighted by atomic mass is 9.81. The SMILES string of the molecule is N=C1Cc2c(Br)cccc2C(C(=O)O)(S(=O)(=O)O)C1. The topological polar surface area (TPSA) is 116 Å². The second-order valence-electron chi connectivity index (χ2n) is 4.33. The largest absolute Gasteiger partial charge is 0.480 e. The molecule has 1 aliphatic rings. The summed E-state index contributed by atoms with van der Waals surface area (Å²) in [4.78, 5) is 11.5. The number of fused-ring (bicyclic) bond motifs is 1. The van der Waals surface area contributed by atoms with E-state index in [9.17, 15) is 22.9 Å². The second kappa shape index (κ2) is 4.39. The van der Waals surface area contributed by atoms with Gasteiger partial charge in [0, 0.05) is 23.0 Å². The van der Waals surface area contributed by atoms with E-state index in [1.165, 1.54) is 12.1 Å². The van der Waals surface area contributed by atoms with E-state index in [1.54, 1.807) is 6.07 Å². The van der Waals surface area contributed by atoms with E-state index < -0.39 is 27.3 Å². The summed E-state index contributed by atoms with van der Waals surface area (Å²) in [5.74, 6) is -1.68. The van der Waals surface area contributed by atoms with Gasteiger partial charge >= 0.3 is 5.97 Å². The summed E-state index contributed by atoms with van der Waals surface area (Å²) in [6.45, 7) is 0.